The highest BCUT2D eigenvalue weighted by Crippen LogP contribution is 2.20. The average Bonchev–Trinajstić information content (AvgIpc) is 3.22. The number of rotatable bonds is 4. The van der Waals surface area contributed by atoms with Crippen LogP contribution in [0.1, 0.15) is 5.56 Å². The molecule has 0 aliphatic heterocycles. The van der Waals surface area contributed by atoms with Crippen LogP contribution in [0.2, 0.25) is 0 Å². The van der Waals surface area contributed by atoms with Gasteiger partial charge in [-0.2, -0.15) is 9.50 Å². The van der Waals surface area contributed by atoms with Gasteiger partial charge in [-0.25, -0.2) is 0 Å². The van der Waals surface area contributed by atoms with E-state index in [9.17, 15) is 4.79 Å². The normalized spacial score (nSPS) is 11.8. The number of hydrogen-bond donors (Lipinski definition) is 0. The largest absolute Gasteiger partial charge is 0.497 e. The first kappa shape index (κ1) is 16.3. The molecule has 0 N–H and O–H groups in total. The maximum atomic E-state index is 12.6. The second-order valence-corrected chi connectivity index (χ2v) is 6.56. The number of fused-ring (bicyclic) bond motifs is 1. The molecule has 0 spiro atoms. The molecule has 0 radical (unpaired) electrons. The predicted molar refractivity (Wildman–Crippen MR) is 101 cm³/mol. The monoisotopic (exact) mass is 365 g/mol. The Hall–Kier alpha value is -3.19. The van der Waals surface area contributed by atoms with Crippen LogP contribution in [-0.2, 0) is 0 Å². The SMILES string of the molecule is COc1ccc(-c2nc3sc(=Cc4cccc(OC)c4)c(=O)n3n2)cc1. The highest BCUT2D eigenvalue weighted by molar-refractivity contribution is 7.15. The van der Waals surface area contributed by atoms with E-state index in [4.69, 9.17) is 9.47 Å². The highest BCUT2D eigenvalue weighted by Gasteiger charge is 2.12. The molecule has 2 heterocycles. The first-order valence-electron chi connectivity index (χ1n) is 7.88. The maximum absolute atomic E-state index is 12.6. The summed E-state index contributed by atoms with van der Waals surface area (Å²) >= 11 is 1.31. The van der Waals surface area contributed by atoms with Crippen molar-refractivity contribution in [2.45, 2.75) is 0 Å². The molecule has 6 nitrogen and oxygen atoms in total. The van der Waals surface area contributed by atoms with Gasteiger partial charge < -0.3 is 9.47 Å². The number of hydrogen-bond acceptors (Lipinski definition) is 6. The summed E-state index contributed by atoms with van der Waals surface area (Å²) in [7, 11) is 3.23. The molecule has 0 fully saturated rings. The van der Waals surface area contributed by atoms with Crippen LogP contribution in [0.25, 0.3) is 22.4 Å². The Morgan fingerprint density at radius 2 is 1.81 bits per heavy atom. The zero-order chi connectivity index (χ0) is 18.1. The van der Waals surface area contributed by atoms with Crippen LogP contribution in [0, 0.1) is 0 Å². The lowest BCUT2D eigenvalue weighted by Gasteiger charge is -1.99. The van der Waals surface area contributed by atoms with Crippen LogP contribution in [0.4, 0.5) is 0 Å². The minimum atomic E-state index is -0.180. The van der Waals surface area contributed by atoms with E-state index in [1.807, 2.05) is 54.6 Å². The van der Waals surface area contributed by atoms with Crippen LogP contribution in [-0.4, -0.2) is 28.8 Å². The van der Waals surface area contributed by atoms with E-state index in [-0.39, 0.29) is 5.56 Å². The zero-order valence-corrected chi connectivity index (χ0v) is 15.0. The van der Waals surface area contributed by atoms with Gasteiger partial charge in [0.2, 0.25) is 4.96 Å². The van der Waals surface area contributed by atoms with E-state index >= 15 is 0 Å². The van der Waals surface area contributed by atoms with Gasteiger partial charge in [0.05, 0.1) is 18.8 Å². The summed E-state index contributed by atoms with van der Waals surface area (Å²) in [5.74, 6) is 2.02. The van der Waals surface area contributed by atoms with Crippen molar-refractivity contribution in [3.05, 3.63) is 69.0 Å². The molecule has 4 rings (SSSR count). The molecule has 0 unspecified atom stereocenters. The van der Waals surface area contributed by atoms with Gasteiger partial charge in [0.25, 0.3) is 5.56 Å². The van der Waals surface area contributed by atoms with Gasteiger partial charge in [-0.3, -0.25) is 4.79 Å². The summed E-state index contributed by atoms with van der Waals surface area (Å²) in [6.07, 6.45) is 1.82. The smallest absolute Gasteiger partial charge is 0.291 e. The van der Waals surface area contributed by atoms with E-state index in [1.54, 1.807) is 14.2 Å². The number of benzene rings is 2. The summed E-state index contributed by atoms with van der Waals surface area (Å²) in [4.78, 5) is 17.7. The fraction of sp³-hybridized carbons (Fsp3) is 0.105. The third kappa shape index (κ3) is 2.93. The molecule has 0 aliphatic rings. The first-order valence-corrected chi connectivity index (χ1v) is 8.69. The molecular weight excluding hydrogens is 350 g/mol. The fourth-order valence-corrected chi connectivity index (χ4v) is 3.49. The Balaban J connectivity index is 1.75. The molecule has 7 heteroatoms. The molecule has 4 aromatic rings. The van der Waals surface area contributed by atoms with Crippen molar-refractivity contribution in [1.82, 2.24) is 14.6 Å². The number of ether oxygens (including phenoxy) is 2. The Kier molecular flexibility index (Phi) is 4.14. The first-order chi connectivity index (χ1) is 12.7. The van der Waals surface area contributed by atoms with E-state index in [0.29, 0.717) is 15.3 Å². The molecular formula is C19H15N3O3S. The molecule has 0 aliphatic carbocycles. The van der Waals surface area contributed by atoms with Crippen molar-refractivity contribution < 1.29 is 9.47 Å². The van der Waals surface area contributed by atoms with Gasteiger partial charge in [0.15, 0.2) is 5.82 Å². The Morgan fingerprint density at radius 1 is 1.04 bits per heavy atom. The standard InChI is InChI=1S/C19H15N3O3S/c1-24-14-8-6-13(7-9-14)17-20-19-22(21-17)18(23)16(26-19)11-12-4-3-5-15(10-12)25-2/h3-11H,1-2H3. The lowest BCUT2D eigenvalue weighted by Crippen LogP contribution is -2.23. The van der Waals surface area contributed by atoms with Crippen LogP contribution in [0.15, 0.2) is 53.3 Å². The maximum Gasteiger partial charge on any atom is 0.291 e. The van der Waals surface area contributed by atoms with Gasteiger partial charge >= 0.3 is 0 Å². The van der Waals surface area contributed by atoms with Gasteiger partial charge in [-0.05, 0) is 48.0 Å². The minimum absolute atomic E-state index is 0.180. The molecule has 26 heavy (non-hydrogen) atoms. The van der Waals surface area contributed by atoms with E-state index in [2.05, 4.69) is 10.1 Å². The van der Waals surface area contributed by atoms with Crippen LogP contribution >= 0.6 is 11.3 Å². The molecule has 2 aromatic heterocycles. The molecule has 0 saturated heterocycles. The van der Waals surface area contributed by atoms with Crippen molar-refractivity contribution in [1.29, 1.82) is 0 Å². The highest BCUT2D eigenvalue weighted by atomic mass is 32.1. The fourth-order valence-electron chi connectivity index (χ4n) is 2.58. The van der Waals surface area contributed by atoms with Crippen LogP contribution in [0.3, 0.4) is 0 Å². The number of thiazole rings is 1. The van der Waals surface area contributed by atoms with Crippen molar-refractivity contribution in [3.8, 4) is 22.9 Å². The average molecular weight is 365 g/mol. The van der Waals surface area contributed by atoms with Crippen LogP contribution in [0.5, 0.6) is 11.5 Å². The van der Waals surface area contributed by atoms with E-state index in [1.165, 1.54) is 15.9 Å². The Labute approximate surface area is 153 Å². The van der Waals surface area contributed by atoms with Gasteiger partial charge in [0, 0.05) is 5.56 Å². The summed E-state index contributed by atoms with van der Waals surface area (Å²) in [5.41, 5.74) is 1.54. The van der Waals surface area contributed by atoms with Crippen molar-refractivity contribution in [2.75, 3.05) is 14.2 Å². The molecule has 130 valence electrons. The number of methoxy groups -OCH3 is 2. The third-order valence-electron chi connectivity index (χ3n) is 3.92. The lowest BCUT2D eigenvalue weighted by molar-refractivity contribution is 0.414. The summed E-state index contributed by atoms with van der Waals surface area (Å²) in [5, 5.41) is 4.35. The van der Waals surface area contributed by atoms with Crippen molar-refractivity contribution >= 4 is 22.4 Å². The second-order valence-electron chi connectivity index (χ2n) is 5.55. The van der Waals surface area contributed by atoms with E-state index < -0.39 is 0 Å². The Bertz CT molecular complexity index is 1180. The zero-order valence-electron chi connectivity index (χ0n) is 14.2. The summed E-state index contributed by atoms with van der Waals surface area (Å²) in [6, 6.07) is 14.9. The summed E-state index contributed by atoms with van der Waals surface area (Å²) < 4.78 is 12.3. The van der Waals surface area contributed by atoms with Gasteiger partial charge in [-0.1, -0.05) is 23.5 Å². The van der Waals surface area contributed by atoms with Crippen molar-refractivity contribution in [2.24, 2.45) is 0 Å². The number of aromatic nitrogens is 3. The van der Waals surface area contributed by atoms with Crippen molar-refractivity contribution in [3.63, 3.8) is 0 Å². The lowest BCUT2D eigenvalue weighted by atomic mass is 10.2. The second kappa shape index (κ2) is 6.61. The predicted octanol–water partition coefficient (Wildman–Crippen LogP) is 2.38. The summed E-state index contributed by atoms with van der Waals surface area (Å²) in [6.45, 7) is 0. The molecule has 0 saturated carbocycles. The quantitative estimate of drug-likeness (QED) is 0.556. The third-order valence-corrected chi connectivity index (χ3v) is 4.88. The molecule has 0 bridgehead atoms. The van der Waals surface area contributed by atoms with Gasteiger partial charge in [-0.15, -0.1) is 5.10 Å². The van der Waals surface area contributed by atoms with E-state index in [0.717, 1.165) is 22.6 Å². The molecule has 0 atom stereocenters. The number of nitrogens with zero attached hydrogens (tertiary/aromatic N) is 3. The van der Waals surface area contributed by atoms with Gasteiger partial charge in [0.1, 0.15) is 11.5 Å². The topological polar surface area (TPSA) is 65.7 Å². The van der Waals surface area contributed by atoms with Crippen LogP contribution < -0.4 is 19.6 Å². The minimum Gasteiger partial charge on any atom is -0.497 e. The Morgan fingerprint density at radius 3 is 2.50 bits per heavy atom. The molecule has 0 amide bonds. The molecule has 2 aromatic carbocycles.